The summed E-state index contributed by atoms with van der Waals surface area (Å²) >= 11 is -2.00. The highest BCUT2D eigenvalue weighted by molar-refractivity contribution is 7.75. The summed E-state index contributed by atoms with van der Waals surface area (Å²) in [5.41, 5.74) is 13.9. The third-order valence-corrected chi connectivity index (χ3v) is 11.8. The van der Waals surface area contributed by atoms with Crippen molar-refractivity contribution in [2.24, 2.45) is 0 Å². The molecule has 6 aromatic rings. The van der Waals surface area contributed by atoms with Crippen LogP contribution in [0.2, 0.25) is 0 Å². The predicted octanol–water partition coefficient (Wildman–Crippen LogP) is 8.28. The van der Waals surface area contributed by atoms with Crippen LogP contribution in [-0.2, 0) is 30.6 Å². The van der Waals surface area contributed by atoms with Crippen molar-refractivity contribution in [1.82, 2.24) is 0 Å². The smallest absolute Gasteiger partial charge is 0.267 e. The van der Waals surface area contributed by atoms with Gasteiger partial charge in [-0.1, -0.05) is 146 Å². The SMILES string of the molecule is O=S(OCC12c3ccccc3C(c3ccccc31)c1ccccc12)OCC12c3ccccc3C(c3ccccc31)c1ccccc12. The van der Waals surface area contributed by atoms with Gasteiger partial charge < -0.3 is 0 Å². The van der Waals surface area contributed by atoms with Crippen LogP contribution >= 0.6 is 0 Å². The van der Waals surface area contributed by atoms with Crippen molar-refractivity contribution in [2.75, 3.05) is 13.2 Å². The molecule has 3 nitrogen and oxygen atoms in total. The molecule has 46 heavy (non-hydrogen) atoms. The van der Waals surface area contributed by atoms with Crippen LogP contribution < -0.4 is 0 Å². The number of benzene rings is 6. The summed E-state index contributed by atoms with van der Waals surface area (Å²) in [6.07, 6.45) is 0. The van der Waals surface area contributed by atoms with E-state index in [1.54, 1.807) is 0 Å². The first kappa shape index (κ1) is 26.6. The van der Waals surface area contributed by atoms with Crippen molar-refractivity contribution in [3.8, 4) is 0 Å². The molecule has 0 unspecified atom stereocenters. The number of hydrogen-bond acceptors (Lipinski definition) is 3. The monoisotopic (exact) mass is 614 g/mol. The first-order valence-electron chi connectivity index (χ1n) is 16.0. The van der Waals surface area contributed by atoms with Gasteiger partial charge in [0.05, 0.1) is 24.0 Å². The molecule has 6 aromatic carbocycles. The molecule has 0 radical (unpaired) electrons. The Hall–Kier alpha value is -4.61. The minimum atomic E-state index is -2.00. The zero-order valence-corrected chi connectivity index (χ0v) is 25.9. The van der Waals surface area contributed by atoms with Crippen LogP contribution in [-0.4, -0.2) is 17.4 Å². The van der Waals surface area contributed by atoms with Gasteiger partial charge in [-0.25, -0.2) is 0 Å². The molecular weight excluding hydrogens is 585 g/mol. The lowest BCUT2D eigenvalue weighted by atomic mass is 9.53. The zero-order chi connectivity index (χ0) is 30.5. The largest absolute Gasteiger partial charge is 0.304 e. The molecule has 4 bridgehead atoms. The third-order valence-electron chi connectivity index (χ3n) is 11.1. The molecule has 6 aliphatic rings. The third kappa shape index (κ3) is 3.26. The number of rotatable bonds is 6. The van der Waals surface area contributed by atoms with Crippen LogP contribution in [0.5, 0.6) is 0 Å². The van der Waals surface area contributed by atoms with Gasteiger partial charge in [0, 0.05) is 11.8 Å². The maximum absolute atomic E-state index is 14.0. The Morgan fingerprint density at radius 2 is 0.609 bits per heavy atom. The molecule has 0 atom stereocenters. The van der Waals surface area contributed by atoms with Crippen molar-refractivity contribution in [3.63, 3.8) is 0 Å². The summed E-state index contributed by atoms with van der Waals surface area (Å²) in [4.78, 5) is 0. The van der Waals surface area contributed by atoms with Crippen LogP contribution in [0, 0.1) is 0 Å². The summed E-state index contributed by atoms with van der Waals surface area (Å²) in [5.74, 6) is 0.348. The maximum atomic E-state index is 14.0. The minimum Gasteiger partial charge on any atom is -0.267 e. The molecular formula is C42H30O3S. The fourth-order valence-electron chi connectivity index (χ4n) is 9.47. The summed E-state index contributed by atoms with van der Waals surface area (Å²) in [5, 5.41) is 0. The van der Waals surface area contributed by atoms with Gasteiger partial charge in [-0.3, -0.25) is 8.37 Å². The van der Waals surface area contributed by atoms with Crippen LogP contribution in [0.25, 0.3) is 0 Å². The molecule has 0 amide bonds. The van der Waals surface area contributed by atoms with Crippen molar-refractivity contribution in [3.05, 3.63) is 212 Å². The van der Waals surface area contributed by atoms with E-state index in [1.807, 2.05) is 0 Å². The van der Waals surface area contributed by atoms with E-state index in [1.165, 1.54) is 66.8 Å². The zero-order valence-electron chi connectivity index (χ0n) is 25.1. The molecule has 0 saturated heterocycles. The predicted molar refractivity (Wildman–Crippen MR) is 180 cm³/mol. The topological polar surface area (TPSA) is 35.5 Å². The van der Waals surface area contributed by atoms with Gasteiger partial charge in [0.25, 0.3) is 0 Å². The van der Waals surface area contributed by atoms with Crippen LogP contribution in [0.1, 0.15) is 78.6 Å². The van der Waals surface area contributed by atoms with Gasteiger partial charge in [0.2, 0.25) is 0 Å². The van der Waals surface area contributed by atoms with Crippen molar-refractivity contribution in [2.45, 2.75) is 22.7 Å². The lowest BCUT2D eigenvalue weighted by Gasteiger charge is -2.50. The lowest BCUT2D eigenvalue weighted by molar-refractivity contribution is 0.202. The minimum absolute atomic E-state index is 0.174. The van der Waals surface area contributed by atoms with Crippen molar-refractivity contribution >= 4 is 11.4 Å². The van der Waals surface area contributed by atoms with E-state index >= 15 is 0 Å². The second-order valence-corrected chi connectivity index (χ2v) is 13.8. The molecule has 0 saturated carbocycles. The fourth-order valence-corrected chi connectivity index (χ4v) is 10.1. The van der Waals surface area contributed by atoms with Gasteiger partial charge in [0.1, 0.15) is 0 Å². The van der Waals surface area contributed by atoms with E-state index in [4.69, 9.17) is 8.37 Å². The molecule has 0 aliphatic heterocycles. The molecule has 4 heteroatoms. The van der Waals surface area contributed by atoms with Gasteiger partial charge in [-0.15, -0.1) is 0 Å². The molecule has 0 aromatic heterocycles. The van der Waals surface area contributed by atoms with Crippen LogP contribution in [0.3, 0.4) is 0 Å². The first-order chi connectivity index (χ1) is 22.7. The highest BCUT2D eigenvalue weighted by Crippen LogP contribution is 2.60. The van der Waals surface area contributed by atoms with Gasteiger partial charge in [-0.05, 0) is 66.8 Å². The molecule has 0 N–H and O–H groups in total. The fraction of sp³-hybridized carbons (Fsp3) is 0.143. The Labute approximate surface area is 271 Å². The first-order valence-corrected chi connectivity index (χ1v) is 17.0. The lowest BCUT2D eigenvalue weighted by Crippen LogP contribution is -2.46. The van der Waals surface area contributed by atoms with Crippen LogP contribution in [0.15, 0.2) is 146 Å². The molecule has 0 spiro atoms. The molecule has 0 heterocycles. The Bertz CT molecular complexity index is 1850. The second-order valence-electron chi connectivity index (χ2n) is 12.9. The van der Waals surface area contributed by atoms with E-state index in [2.05, 4.69) is 146 Å². The van der Waals surface area contributed by atoms with Crippen molar-refractivity contribution < 1.29 is 12.6 Å². The van der Waals surface area contributed by atoms with E-state index in [0.717, 1.165) is 0 Å². The second kappa shape index (κ2) is 9.70. The standard InChI is InChI=1S/C42H30O3S/c43-46(44-25-41-33-19-7-1-13-27(33)39(28-14-2-8-20-34(28)41)29-15-3-9-21-35(29)41)45-26-42-36-22-10-4-16-30(36)40(31-17-5-11-23-37(31)42)32-18-6-12-24-38(32)42/h1-24,39-40H,25-26H2. The van der Waals surface area contributed by atoms with Crippen molar-refractivity contribution in [1.29, 1.82) is 0 Å². The van der Waals surface area contributed by atoms with E-state index in [0.29, 0.717) is 0 Å². The Balaban J connectivity index is 1.05. The quantitative estimate of drug-likeness (QED) is 0.189. The Morgan fingerprint density at radius 3 is 0.848 bits per heavy atom. The van der Waals surface area contributed by atoms with Gasteiger partial charge in [-0.2, -0.15) is 4.21 Å². The van der Waals surface area contributed by atoms with Gasteiger partial charge >= 0.3 is 11.4 Å². The van der Waals surface area contributed by atoms with E-state index in [9.17, 15) is 4.21 Å². The summed E-state index contributed by atoms with van der Waals surface area (Å²) in [7, 11) is 0. The highest BCUT2D eigenvalue weighted by atomic mass is 32.2. The summed E-state index contributed by atoms with van der Waals surface area (Å²) < 4.78 is 26.8. The van der Waals surface area contributed by atoms with Gasteiger partial charge in [0.15, 0.2) is 0 Å². The molecule has 222 valence electrons. The summed E-state index contributed by atoms with van der Waals surface area (Å²) in [6, 6.07) is 52.0. The summed E-state index contributed by atoms with van der Waals surface area (Å²) in [6.45, 7) is 0.409. The Kier molecular flexibility index (Phi) is 5.61. The Morgan fingerprint density at radius 1 is 0.391 bits per heavy atom. The average Bonchev–Trinajstić information content (AvgIpc) is 3.13. The normalized spacial score (nSPS) is 24.2. The maximum Gasteiger partial charge on any atom is 0.304 e. The van der Waals surface area contributed by atoms with E-state index < -0.39 is 22.2 Å². The average molecular weight is 615 g/mol. The van der Waals surface area contributed by atoms with E-state index in [-0.39, 0.29) is 25.0 Å². The molecule has 0 fully saturated rings. The molecule has 6 aliphatic carbocycles. The highest BCUT2D eigenvalue weighted by Gasteiger charge is 2.54. The number of hydrogen-bond donors (Lipinski definition) is 0. The molecule has 12 rings (SSSR count). The van der Waals surface area contributed by atoms with Crippen LogP contribution in [0.4, 0.5) is 0 Å².